The van der Waals surface area contributed by atoms with E-state index in [9.17, 15) is 0 Å². The van der Waals surface area contributed by atoms with Gasteiger partial charge in [-0.25, -0.2) is 0 Å². The maximum atomic E-state index is 8.35. The molecule has 0 aromatic heterocycles. The van der Waals surface area contributed by atoms with Crippen LogP contribution in [0.2, 0.25) is 0 Å². The molecule has 0 saturated heterocycles. The second kappa shape index (κ2) is 12.1. The van der Waals surface area contributed by atoms with Gasteiger partial charge in [0.15, 0.2) is 0 Å². The van der Waals surface area contributed by atoms with Gasteiger partial charge in [0.1, 0.15) is 0 Å². The van der Waals surface area contributed by atoms with Crippen molar-refractivity contribution in [2.45, 2.75) is 13.8 Å². The van der Waals surface area contributed by atoms with Crippen LogP contribution in [0.15, 0.2) is 0 Å². The van der Waals surface area contributed by atoms with Crippen LogP contribution in [-0.2, 0) is 9.47 Å². The molecule has 0 aliphatic heterocycles. The van der Waals surface area contributed by atoms with Crippen LogP contribution in [0, 0.1) is 5.92 Å². The number of hydrogen-bond acceptors (Lipinski definition) is 3. The van der Waals surface area contributed by atoms with Gasteiger partial charge in [-0.15, -0.1) is 0 Å². The quantitative estimate of drug-likeness (QED) is 0.485. The van der Waals surface area contributed by atoms with Crippen molar-refractivity contribution in [2.24, 2.45) is 5.92 Å². The van der Waals surface area contributed by atoms with Crippen LogP contribution in [0.25, 0.3) is 0 Å². The molecule has 0 radical (unpaired) electrons. The third-order valence-corrected chi connectivity index (χ3v) is 1.06. The van der Waals surface area contributed by atoms with E-state index in [4.69, 9.17) is 14.6 Å². The average molecular weight is 204 g/mol. The summed E-state index contributed by atoms with van der Waals surface area (Å²) in [6.07, 6.45) is 0. The summed E-state index contributed by atoms with van der Waals surface area (Å²) in [4.78, 5) is 0. The van der Waals surface area contributed by atoms with E-state index in [-0.39, 0.29) is 47.2 Å². The zero-order valence-corrected chi connectivity index (χ0v) is 10.3. The first kappa shape index (κ1) is 15.6. The molecule has 0 rings (SSSR count). The van der Waals surface area contributed by atoms with Gasteiger partial charge in [-0.1, -0.05) is 13.8 Å². The third-order valence-electron chi connectivity index (χ3n) is 1.06. The van der Waals surface area contributed by atoms with E-state index < -0.39 is 0 Å². The standard InChI is InChI=1S/C8H18O3.Ca.2H/c1-8(2)7-11-6-5-10-4-3-9;;;/h8-9H,3-7H2,1-2H3;;;/q;+2;2*-1. The molecule has 0 spiro atoms. The minimum atomic E-state index is 0. The molecular formula is C8H20CaO3. The summed E-state index contributed by atoms with van der Waals surface area (Å²) in [5, 5.41) is 8.35. The van der Waals surface area contributed by atoms with Crippen molar-refractivity contribution in [1.29, 1.82) is 0 Å². The van der Waals surface area contributed by atoms with Crippen LogP contribution in [0.1, 0.15) is 16.7 Å². The Morgan fingerprint density at radius 1 is 1.17 bits per heavy atom. The average Bonchev–Trinajstić information content (AvgIpc) is 1.96. The van der Waals surface area contributed by atoms with E-state index in [1.54, 1.807) is 0 Å². The fourth-order valence-electron chi connectivity index (χ4n) is 0.603. The second-order valence-corrected chi connectivity index (χ2v) is 2.80. The topological polar surface area (TPSA) is 38.7 Å². The number of ether oxygens (including phenoxy) is 2. The number of aliphatic hydroxyl groups excluding tert-OH is 1. The smallest absolute Gasteiger partial charge is 1.00 e. The molecule has 0 aromatic rings. The first-order valence-corrected chi connectivity index (χ1v) is 4.03. The van der Waals surface area contributed by atoms with Gasteiger partial charge in [0.05, 0.1) is 26.4 Å². The Morgan fingerprint density at radius 3 is 2.25 bits per heavy atom. The van der Waals surface area contributed by atoms with Crippen molar-refractivity contribution in [3.63, 3.8) is 0 Å². The van der Waals surface area contributed by atoms with Crippen molar-refractivity contribution in [3.8, 4) is 0 Å². The molecule has 0 amide bonds. The SMILES string of the molecule is CC(C)COCCOCCO.[Ca+2].[H-].[H-]. The molecule has 0 bridgehead atoms. The molecule has 0 saturated carbocycles. The molecule has 0 atom stereocenters. The van der Waals surface area contributed by atoms with Gasteiger partial charge in [0.2, 0.25) is 0 Å². The van der Waals surface area contributed by atoms with Crippen LogP contribution in [0.3, 0.4) is 0 Å². The Morgan fingerprint density at radius 2 is 1.75 bits per heavy atom. The molecule has 0 fully saturated rings. The summed E-state index contributed by atoms with van der Waals surface area (Å²) in [5.74, 6) is 0.577. The Balaban J connectivity index is -0.000000167. The van der Waals surface area contributed by atoms with E-state index in [1.165, 1.54) is 0 Å². The Bertz CT molecular complexity index is 87.0. The molecule has 0 aliphatic carbocycles. The van der Waals surface area contributed by atoms with E-state index >= 15 is 0 Å². The van der Waals surface area contributed by atoms with E-state index in [0.29, 0.717) is 25.7 Å². The van der Waals surface area contributed by atoms with Crippen molar-refractivity contribution < 1.29 is 17.4 Å². The number of hydrogen-bond donors (Lipinski definition) is 1. The molecule has 3 nitrogen and oxygen atoms in total. The first-order valence-electron chi connectivity index (χ1n) is 4.03. The molecular weight excluding hydrogens is 184 g/mol. The van der Waals surface area contributed by atoms with Gasteiger partial charge < -0.3 is 17.4 Å². The number of aliphatic hydroxyl groups is 1. The van der Waals surface area contributed by atoms with Gasteiger partial charge in [0.25, 0.3) is 0 Å². The van der Waals surface area contributed by atoms with E-state index in [1.807, 2.05) is 0 Å². The first-order chi connectivity index (χ1) is 5.27. The van der Waals surface area contributed by atoms with Gasteiger partial charge in [0, 0.05) is 6.61 Å². The molecule has 4 heteroatoms. The van der Waals surface area contributed by atoms with Crippen LogP contribution < -0.4 is 0 Å². The van der Waals surface area contributed by atoms with Gasteiger partial charge in [-0.05, 0) is 5.92 Å². The van der Waals surface area contributed by atoms with Gasteiger partial charge in [-0.3, -0.25) is 0 Å². The van der Waals surface area contributed by atoms with Crippen molar-refractivity contribution >= 4 is 37.7 Å². The summed E-state index contributed by atoms with van der Waals surface area (Å²) in [6.45, 7) is 6.69. The molecule has 72 valence electrons. The summed E-state index contributed by atoms with van der Waals surface area (Å²) >= 11 is 0. The van der Waals surface area contributed by atoms with Crippen LogP contribution >= 0.6 is 0 Å². The Hall–Kier alpha value is 1.14. The minimum Gasteiger partial charge on any atom is -1.00 e. The maximum Gasteiger partial charge on any atom is 2.00 e. The van der Waals surface area contributed by atoms with Gasteiger partial charge in [-0.2, -0.15) is 0 Å². The molecule has 12 heavy (non-hydrogen) atoms. The van der Waals surface area contributed by atoms with Crippen LogP contribution in [-0.4, -0.2) is 75.9 Å². The molecule has 1 N–H and O–H groups in total. The van der Waals surface area contributed by atoms with Crippen molar-refractivity contribution in [1.82, 2.24) is 0 Å². The number of rotatable bonds is 7. The summed E-state index contributed by atoms with van der Waals surface area (Å²) < 4.78 is 10.2. The second-order valence-electron chi connectivity index (χ2n) is 2.80. The normalized spacial score (nSPS) is 10.0. The van der Waals surface area contributed by atoms with Crippen LogP contribution in [0.5, 0.6) is 0 Å². The summed E-state index contributed by atoms with van der Waals surface area (Å²) in [6, 6.07) is 0. The predicted octanol–water partition coefficient (Wildman–Crippen LogP) is 0.512. The molecule has 0 heterocycles. The van der Waals surface area contributed by atoms with E-state index in [2.05, 4.69) is 13.8 Å². The monoisotopic (exact) mass is 204 g/mol. The summed E-state index contributed by atoms with van der Waals surface area (Å²) in [7, 11) is 0. The van der Waals surface area contributed by atoms with E-state index in [0.717, 1.165) is 6.61 Å². The summed E-state index contributed by atoms with van der Waals surface area (Å²) in [5.41, 5.74) is 0. The third kappa shape index (κ3) is 13.7. The fraction of sp³-hybridized carbons (Fsp3) is 1.00. The zero-order valence-electron chi connectivity index (χ0n) is 10.1. The van der Waals surface area contributed by atoms with Crippen LogP contribution in [0.4, 0.5) is 0 Å². The largest absolute Gasteiger partial charge is 2.00 e. The fourth-order valence-corrected chi connectivity index (χ4v) is 0.603. The Kier molecular flexibility index (Phi) is 15.8. The Labute approximate surface area is 107 Å². The molecule has 0 aromatic carbocycles. The minimum absolute atomic E-state index is 0. The van der Waals surface area contributed by atoms with Crippen molar-refractivity contribution in [2.75, 3.05) is 33.0 Å². The van der Waals surface area contributed by atoms with Crippen molar-refractivity contribution in [3.05, 3.63) is 0 Å². The van der Waals surface area contributed by atoms with Gasteiger partial charge >= 0.3 is 37.7 Å². The zero-order chi connectivity index (χ0) is 8.53. The molecule has 0 unspecified atom stereocenters. The molecule has 0 aliphatic rings. The predicted molar refractivity (Wildman–Crippen MR) is 51.5 cm³/mol. The maximum absolute atomic E-state index is 8.35.